The number of thiazole rings is 1. The van der Waals surface area contributed by atoms with Gasteiger partial charge in [0.05, 0.1) is 50.0 Å². The maximum atomic E-state index is 13.9. The first-order chi connectivity index (χ1) is 20.0. The summed E-state index contributed by atoms with van der Waals surface area (Å²) in [5, 5.41) is 11.6. The smallest absolute Gasteiger partial charge is 0.338 e. The Kier molecular flexibility index (Phi) is 8.56. The number of methoxy groups -OCH3 is 1. The molecule has 216 valence electrons. The van der Waals surface area contributed by atoms with Crippen LogP contribution >= 0.6 is 54.8 Å². The number of carbonyl (C=O) groups excluding carboxylic acids is 1. The van der Waals surface area contributed by atoms with E-state index in [9.17, 15) is 19.7 Å². The van der Waals surface area contributed by atoms with Crippen molar-refractivity contribution in [1.82, 2.24) is 4.57 Å². The summed E-state index contributed by atoms with van der Waals surface area (Å²) in [5.41, 5.74) is 1.15. The molecule has 0 aliphatic carbocycles. The summed E-state index contributed by atoms with van der Waals surface area (Å²) >= 11 is 14.0. The zero-order valence-corrected chi connectivity index (χ0v) is 26.9. The second-order valence-electron chi connectivity index (χ2n) is 8.95. The summed E-state index contributed by atoms with van der Waals surface area (Å²) in [5.74, 6) is 0.688. The first-order valence-electron chi connectivity index (χ1n) is 12.3. The van der Waals surface area contributed by atoms with Crippen LogP contribution in [-0.2, 0) is 9.53 Å². The summed E-state index contributed by atoms with van der Waals surface area (Å²) < 4.78 is 19.2. The summed E-state index contributed by atoms with van der Waals surface area (Å²) in [6.45, 7) is 3.57. The highest BCUT2D eigenvalue weighted by molar-refractivity contribution is 9.11. The van der Waals surface area contributed by atoms with Crippen LogP contribution in [0.5, 0.6) is 5.75 Å². The van der Waals surface area contributed by atoms with Gasteiger partial charge >= 0.3 is 5.97 Å². The van der Waals surface area contributed by atoms with Crippen LogP contribution in [0.25, 0.3) is 17.4 Å². The summed E-state index contributed by atoms with van der Waals surface area (Å²) in [4.78, 5) is 42.8. The first-order valence-corrected chi connectivity index (χ1v) is 15.1. The fourth-order valence-electron chi connectivity index (χ4n) is 4.52. The van der Waals surface area contributed by atoms with Crippen LogP contribution in [0.15, 0.2) is 76.9 Å². The zero-order valence-electron chi connectivity index (χ0n) is 22.1. The van der Waals surface area contributed by atoms with Gasteiger partial charge in [0.25, 0.3) is 11.2 Å². The van der Waals surface area contributed by atoms with Gasteiger partial charge in [-0.25, -0.2) is 9.79 Å². The highest BCUT2D eigenvalue weighted by Gasteiger charge is 2.33. The predicted molar refractivity (Wildman–Crippen MR) is 165 cm³/mol. The number of aromatic nitrogens is 1. The summed E-state index contributed by atoms with van der Waals surface area (Å²) in [6.07, 6.45) is 1.56. The molecule has 0 spiro atoms. The Morgan fingerprint density at radius 2 is 2.02 bits per heavy atom. The number of carbonyl (C=O) groups is 1. The van der Waals surface area contributed by atoms with Gasteiger partial charge in [-0.15, -0.1) is 0 Å². The molecule has 0 amide bonds. The fraction of sp³-hybridized carbons (Fsp3) is 0.179. The van der Waals surface area contributed by atoms with Gasteiger partial charge in [0.2, 0.25) is 0 Å². The molecule has 0 bridgehead atoms. The molecule has 0 fully saturated rings. The van der Waals surface area contributed by atoms with E-state index in [4.69, 9.17) is 25.5 Å². The van der Waals surface area contributed by atoms with E-state index in [1.54, 1.807) is 63.4 Å². The number of nitro groups is 1. The Hall–Kier alpha value is -3.52. The van der Waals surface area contributed by atoms with Crippen molar-refractivity contribution in [3.63, 3.8) is 0 Å². The normalized spacial score (nSPS) is 14.9. The lowest BCUT2D eigenvalue weighted by atomic mass is 9.96. The van der Waals surface area contributed by atoms with Crippen LogP contribution in [0, 0.1) is 10.1 Å². The molecule has 4 aromatic rings. The minimum atomic E-state index is -0.803. The molecule has 3 heterocycles. The van der Waals surface area contributed by atoms with E-state index in [1.165, 1.54) is 10.6 Å². The number of halogens is 3. The van der Waals surface area contributed by atoms with Gasteiger partial charge in [0.15, 0.2) is 4.80 Å². The molecule has 42 heavy (non-hydrogen) atoms. The standard InChI is InChI=1S/C28H20Br2ClN3O7S/c1-4-40-27(36)23-13(2)32-28-33(25(23)14-5-7-21(39-3)17(29)9-14)26(35)22(42-28)12-16-6-8-20(41-16)15-10-18(31)24(30)19(11-15)34(37)38/h5-12,25H,4H2,1-3H3/b22-12-/t25-/m1/s1. The molecule has 0 saturated heterocycles. The van der Waals surface area contributed by atoms with Crippen molar-refractivity contribution < 1.29 is 23.6 Å². The number of hydrogen-bond donors (Lipinski definition) is 0. The van der Waals surface area contributed by atoms with Gasteiger partial charge in [0, 0.05) is 17.7 Å². The van der Waals surface area contributed by atoms with Gasteiger partial charge in [-0.3, -0.25) is 19.5 Å². The van der Waals surface area contributed by atoms with E-state index >= 15 is 0 Å². The van der Waals surface area contributed by atoms with E-state index in [-0.39, 0.29) is 32.9 Å². The van der Waals surface area contributed by atoms with E-state index < -0.39 is 16.9 Å². The molecule has 1 atom stereocenters. The number of nitrogens with zero attached hydrogens (tertiary/aromatic N) is 3. The van der Waals surface area contributed by atoms with Crippen LogP contribution < -0.4 is 19.6 Å². The summed E-state index contributed by atoms with van der Waals surface area (Å²) in [7, 11) is 1.55. The van der Waals surface area contributed by atoms with Crippen LogP contribution in [0.3, 0.4) is 0 Å². The number of nitro benzene ring substituents is 1. The molecule has 1 aliphatic heterocycles. The number of ether oxygens (including phenoxy) is 2. The summed E-state index contributed by atoms with van der Waals surface area (Å²) in [6, 6.07) is 10.7. The molecule has 2 aromatic carbocycles. The van der Waals surface area contributed by atoms with Crippen LogP contribution in [0.4, 0.5) is 5.69 Å². The Balaban J connectivity index is 1.63. The molecule has 5 rings (SSSR count). The van der Waals surface area contributed by atoms with Crippen molar-refractivity contribution in [2.75, 3.05) is 13.7 Å². The largest absolute Gasteiger partial charge is 0.496 e. The number of furan rings is 1. The maximum Gasteiger partial charge on any atom is 0.338 e. The van der Waals surface area contributed by atoms with Crippen LogP contribution in [0.2, 0.25) is 5.02 Å². The third kappa shape index (κ3) is 5.49. The third-order valence-corrected chi connectivity index (χ3v) is 9.36. The first kappa shape index (κ1) is 30.0. The van der Waals surface area contributed by atoms with Crippen molar-refractivity contribution in [2.24, 2.45) is 4.99 Å². The Morgan fingerprint density at radius 3 is 2.69 bits per heavy atom. The van der Waals surface area contributed by atoms with E-state index in [2.05, 4.69) is 36.9 Å². The van der Waals surface area contributed by atoms with Crippen molar-refractivity contribution in [1.29, 1.82) is 0 Å². The van der Waals surface area contributed by atoms with Gasteiger partial charge < -0.3 is 13.9 Å². The minimum Gasteiger partial charge on any atom is -0.496 e. The lowest BCUT2D eigenvalue weighted by Crippen LogP contribution is -2.39. The maximum absolute atomic E-state index is 13.9. The topological polar surface area (TPSA) is 126 Å². The quantitative estimate of drug-likeness (QED) is 0.127. The number of allylic oxidation sites excluding steroid dienone is 1. The van der Waals surface area contributed by atoms with Crippen molar-refractivity contribution in [3.05, 3.63) is 109 Å². The molecule has 10 nitrogen and oxygen atoms in total. The Labute approximate surface area is 264 Å². The third-order valence-electron chi connectivity index (χ3n) is 6.40. The molecule has 14 heteroatoms. The van der Waals surface area contributed by atoms with Gasteiger partial charge in [0.1, 0.15) is 21.7 Å². The molecular formula is C28H20Br2ClN3O7S. The number of benzene rings is 2. The van der Waals surface area contributed by atoms with Crippen LogP contribution in [0.1, 0.15) is 31.2 Å². The molecule has 0 saturated carbocycles. The molecule has 0 N–H and O–H groups in total. The predicted octanol–water partition coefficient (Wildman–Crippen LogP) is 6.15. The molecular weight excluding hydrogens is 718 g/mol. The number of esters is 1. The minimum absolute atomic E-state index is 0.156. The van der Waals surface area contributed by atoms with Gasteiger partial charge in [-0.1, -0.05) is 29.0 Å². The monoisotopic (exact) mass is 735 g/mol. The van der Waals surface area contributed by atoms with Crippen LogP contribution in [-0.4, -0.2) is 29.2 Å². The molecule has 2 aromatic heterocycles. The lowest BCUT2D eigenvalue weighted by molar-refractivity contribution is -0.385. The molecule has 1 aliphatic rings. The number of rotatable bonds is 7. The SMILES string of the molecule is CCOC(=O)C1=C(C)N=c2s/c(=C\c3ccc(-c4cc(Cl)c(Br)c([N+](=O)[O-])c4)o3)c(=O)n2[C@@H]1c1ccc(OC)c(Br)c1. The van der Waals surface area contributed by atoms with E-state index in [0.717, 1.165) is 11.3 Å². The van der Waals surface area contributed by atoms with Crippen molar-refractivity contribution in [2.45, 2.75) is 19.9 Å². The number of hydrogen-bond acceptors (Lipinski definition) is 9. The highest BCUT2D eigenvalue weighted by Crippen LogP contribution is 2.38. The average molecular weight is 738 g/mol. The number of fused-ring (bicyclic) bond motifs is 1. The van der Waals surface area contributed by atoms with Crippen molar-refractivity contribution >= 4 is 72.5 Å². The van der Waals surface area contributed by atoms with Gasteiger partial charge in [-0.05, 0) is 81.6 Å². The highest BCUT2D eigenvalue weighted by atomic mass is 79.9. The second kappa shape index (κ2) is 12.0. The second-order valence-corrected chi connectivity index (χ2v) is 12.0. The van der Waals surface area contributed by atoms with E-state index in [0.29, 0.717) is 47.9 Å². The Morgan fingerprint density at radius 1 is 1.26 bits per heavy atom. The fourth-order valence-corrected chi connectivity index (χ4v) is 6.70. The molecule has 0 radical (unpaired) electrons. The zero-order chi connectivity index (χ0) is 30.3. The Bertz CT molecular complexity index is 1980. The lowest BCUT2D eigenvalue weighted by Gasteiger charge is -2.25. The van der Waals surface area contributed by atoms with Gasteiger partial charge in [-0.2, -0.15) is 0 Å². The molecule has 0 unspecified atom stereocenters. The average Bonchev–Trinajstić information content (AvgIpc) is 3.53. The van der Waals surface area contributed by atoms with Crippen molar-refractivity contribution in [3.8, 4) is 17.1 Å². The van der Waals surface area contributed by atoms with E-state index in [1.807, 2.05) is 0 Å².